The van der Waals surface area contributed by atoms with Gasteiger partial charge in [0.2, 0.25) is 0 Å². The lowest BCUT2D eigenvalue weighted by atomic mass is 10.0. The van der Waals surface area contributed by atoms with Crippen molar-refractivity contribution < 1.29 is 9.59 Å². The lowest BCUT2D eigenvalue weighted by molar-refractivity contribution is 0.0599. The molecule has 6 nitrogen and oxygen atoms in total. The Labute approximate surface area is 169 Å². The Morgan fingerprint density at radius 3 is 1.36 bits per heavy atom. The largest absolute Gasteiger partial charge is 0.336 e. The second kappa shape index (κ2) is 10.0. The highest BCUT2D eigenvalue weighted by molar-refractivity contribution is 6.07. The SMILES string of the molecule is CCCN1CCN(C(=O)c2ccccc2C(=O)N2CCN(CCC)CC2)CC1. The lowest BCUT2D eigenvalue weighted by Gasteiger charge is -2.36. The van der Waals surface area contributed by atoms with Gasteiger partial charge in [-0.1, -0.05) is 26.0 Å². The van der Waals surface area contributed by atoms with E-state index in [1.165, 1.54) is 0 Å². The third-order valence-corrected chi connectivity index (χ3v) is 5.79. The van der Waals surface area contributed by atoms with Gasteiger partial charge < -0.3 is 9.80 Å². The van der Waals surface area contributed by atoms with Crippen molar-refractivity contribution in [1.82, 2.24) is 19.6 Å². The third kappa shape index (κ3) is 4.92. The molecule has 2 fully saturated rings. The zero-order valence-corrected chi connectivity index (χ0v) is 17.4. The highest BCUT2D eigenvalue weighted by Crippen LogP contribution is 2.17. The molecule has 1 aromatic carbocycles. The van der Waals surface area contributed by atoms with Crippen LogP contribution in [-0.4, -0.2) is 96.9 Å². The molecule has 0 atom stereocenters. The summed E-state index contributed by atoms with van der Waals surface area (Å²) in [6, 6.07) is 7.33. The molecule has 2 amide bonds. The Morgan fingerprint density at radius 1 is 0.679 bits per heavy atom. The van der Waals surface area contributed by atoms with Crippen LogP contribution < -0.4 is 0 Å². The molecule has 3 rings (SSSR count). The Bertz CT molecular complexity index is 605. The van der Waals surface area contributed by atoms with E-state index in [1.807, 2.05) is 21.9 Å². The van der Waals surface area contributed by atoms with Gasteiger partial charge in [0.15, 0.2) is 0 Å². The minimum absolute atomic E-state index is 0.00952. The standard InChI is InChI=1S/C22H34N4O2/c1-3-9-23-11-15-25(16-12-23)21(27)19-7-5-6-8-20(19)22(28)26-17-13-24(10-4-2)14-18-26/h5-8H,3-4,9-18H2,1-2H3. The van der Waals surface area contributed by atoms with E-state index in [0.29, 0.717) is 11.1 Å². The molecule has 28 heavy (non-hydrogen) atoms. The number of piperazine rings is 2. The Balaban J connectivity index is 1.66. The summed E-state index contributed by atoms with van der Waals surface area (Å²) in [7, 11) is 0. The van der Waals surface area contributed by atoms with Crippen molar-refractivity contribution >= 4 is 11.8 Å². The van der Waals surface area contributed by atoms with Crippen LogP contribution in [0, 0.1) is 0 Å². The zero-order valence-electron chi connectivity index (χ0n) is 17.4. The van der Waals surface area contributed by atoms with E-state index in [0.717, 1.165) is 78.3 Å². The minimum Gasteiger partial charge on any atom is -0.336 e. The summed E-state index contributed by atoms with van der Waals surface area (Å²) in [5, 5.41) is 0. The highest BCUT2D eigenvalue weighted by atomic mass is 16.2. The van der Waals surface area contributed by atoms with E-state index in [9.17, 15) is 9.59 Å². The first kappa shape index (κ1) is 20.8. The van der Waals surface area contributed by atoms with Gasteiger partial charge in [0.05, 0.1) is 11.1 Å². The third-order valence-electron chi connectivity index (χ3n) is 5.79. The summed E-state index contributed by atoms with van der Waals surface area (Å²) in [5.41, 5.74) is 1.10. The monoisotopic (exact) mass is 386 g/mol. The van der Waals surface area contributed by atoms with Crippen molar-refractivity contribution in [3.05, 3.63) is 35.4 Å². The molecule has 0 aromatic heterocycles. The number of rotatable bonds is 6. The lowest BCUT2D eigenvalue weighted by Crippen LogP contribution is -2.50. The second-order valence-electron chi connectivity index (χ2n) is 7.81. The van der Waals surface area contributed by atoms with Crippen LogP contribution in [0.25, 0.3) is 0 Å². The molecule has 6 heteroatoms. The number of carbonyl (C=O) groups is 2. The Morgan fingerprint density at radius 2 is 1.04 bits per heavy atom. The van der Waals surface area contributed by atoms with E-state index in [-0.39, 0.29) is 11.8 Å². The molecule has 0 unspecified atom stereocenters. The van der Waals surface area contributed by atoms with Gasteiger partial charge in [-0.25, -0.2) is 0 Å². The Kier molecular flexibility index (Phi) is 7.45. The predicted octanol–water partition coefficient (Wildman–Crippen LogP) is 2.02. The first-order valence-corrected chi connectivity index (χ1v) is 10.8. The van der Waals surface area contributed by atoms with Crippen LogP contribution in [0.5, 0.6) is 0 Å². The molecule has 0 aliphatic carbocycles. The van der Waals surface area contributed by atoms with Crippen molar-refractivity contribution in [3.63, 3.8) is 0 Å². The van der Waals surface area contributed by atoms with Gasteiger partial charge in [0.25, 0.3) is 11.8 Å². The fourth-order valence-electron chi connectivity index (χ4n) is 4.18. The van der Waals surface area contributed by atoms with Crippen molar-refractivity contribution in [1.29, 1.82) is 0 Å². The van der Waals surface area contributed by atoms with Crippen molar-refractivity contribution in [2.45, 2.75) is 26.7 Å². The van der Waals surface area contributed by atoms with Gasteiger partial charge >= 0.3 is 0 Å². The molecule has 0 saturated carbocycles. The summed E-state index contributed by atoms with van der Waals surface area (Å²) in [4.78, 5) is 34.9. The van der Waals surface area contributed by atoms with Crippen molar-refractivity contribution in [2.24, 2.45) is 0 Å². The van der Waals surface area contributed by atoms with E-state index in [2.05, 4.69) is 23.6 Å². The van der Waals surface area contributed by atoms with Crippen LogP contribution in [0.2, 0.25) is 0 Å². The van der Waals surface area contributed by atoms with Gasteiger partial charge in [-0.2, -0.15) is 0 Å². The maximum Gasteiger partial charge on any atom is 0.254 e. The molecular weight excluding hydrogens is 352 g/mol. The van der Waals surface area contributed by atoms with Gasteiger partial charge in [0, 0.05) is 52.4 Å². The fraction of sp³-hybridized carbons (Fsp3) is 0.636. The van der Waals surface area contributed by atoms with Crippen LogP contribution in [0.4, 0.5) is 0 Å². The van der Waals surface area contributed by atoms with Crippen LogP contribution in [0.15, 0.2) is 24.3 Å². The number of hydrogen-bond acceptors (Lipinski definition) is 4. The van der Waals surface area contributed by atoms with Crippen LogP contribution in [-0.2, 0) is 0 Å². The highest BCUT2D eigenvalue weighted by Gasteiger charge is 2.28. The predicted molar refractivity (Wildman–Crippen MR) is 112 cm³/mol. The molecular formula is C22H34N4O2. The van der Waals surface area contributed by atoms with Crippen LogP contribution in [0.3, 0.4) is 0 Å². The van der Waals surface area contributed by atoms with Crippen molar-refractivity contribution in [2.75, 3.05) is 65.4 Å². The van der Waals surface area contributed by atoms with Gasteiger partial charge in [0.1, 0.15) is 0 Å². The summed E-state index contributed by atoms with van der Waals surface area (Å²) >= 11 is 0. The van der Waals surface area contributed by atoms with Gasteiger partial charge in [-0.15, -0.1) is 0 Å². The van der Waals surface area contributed by atoms with Gasteiger partial charge in [-0.05, 0) is 38.1 Å². The molecule has 2 heterocycles. The fourth-order valence-corrected chi connectivity index (χ4v) is 4.18. The Hall–Kier alpha value is -1.92. The van der Waals surface area contributed by atoms with Crippen LogP contribution in [0.1, 0.15) is 47.4 Å². The first-order chi connectivity index (χ1) is 13.6. The molecule has 2 aliphatic heterocycles. The van der Waals surface area contributed by atoms with Crippen molar-refractivity contribution in [3.8, 4) is 0 Å². The first-order valence-electron chi connectivity index (χ1n) is 10.8. The van der Waals surface area contributed by atoms with E-state index >= 15 is 0 Å². The molecule has 0 N–H and O–H groups in total. The van der Waals surface area contributed by atoms with Crippen LogP contribution >= 0.6 is 0 Å². The van der Waals surface area contributed by atoms with E-state index in [1.54, 1.807) is 12.1 Å². The molecule has 2 saturated heterocycles. The molecule has 2 aliphatic rings. The quantitative estimate of drug-likeness (QED) is 0.751. The maximum atomic E-state index is 13.1. The maximum absolute atomic E-state index is 13.1. The number of benzene rings is 1. The zero-order chi connectivity index (χ0) is 19.9. The summed E-state index contributed by atoms with van der Waals surface area (Å²) in [6.45, 7) is 13.1. The molecule has 0 spiro atoms. The molecule has 0 bridgehead atoms. The number of amides is 2. The average Bonchev–Trinajstić information content (AvgIpc) is 2.74. The smallest absolute Gasteiger partial charge is 0.254 e. The minimum atomic E-state index is -0.00952. The molecule has 1 aromatic rings. The molecule has 0 radical (unpaired) electrons. The second-order valence-corrected chi connectivity index (χ2v) is 7.81. The van der Waals surface area contributed by atoms with E-state index in [4.69, 9.17) is 0 Å². The van der Waals surface area contributed by atoms with E-state index < -0.39 is 0 Å². The number of carbonyl (C=O) groups excluding carboxylic acids is 2. The summed E-state index contributed by atoms with van der Waals surface area (Å²) < 4.78 is 0. The average molecular weight is 387 g/mol. The number of nitrogens with zero attached hydrogens (tertiary/aromatic N) is 4. The summed E-state index contributed by atoms with van der Waals surface area (Å²) in [6.07, 6.45) is 2.27. The topological polar surface area (TPSA) is 47.1 Å². The normalized spacial score (nSPS) is 19.1. The molecule has 154 valence electrons. The number of hydrogen-bond donors (Lipinski definition) is 0. The van der Waals surface area contributed by atoms with Gasteiger partial charge in [-0.3, -0.25) is 19.4 Å². The summed E-state index contributed by atoms with van der Waals surface area (Å²) in [5.74, 6) is -0.0190.